The van der Waals surface area contributed by atoms with Gasteiger partial charge in [0.1, 0.15) is 0 Å². The summed E-state index contributed by atoms with van der Waals surface area (Å²) in [6, 6.07) is 0.381. The molecular weight excluding hydrogens is 216 g/mol. The molecule has 2 aliphatic rings. The fraction of sp³-hybridized carbons (Fsp3) is 1.00. The van der Waals surface area contributed by atoms with E-state index in [4.69, 9.17) is 15.3 Å². The van der Waals surface area contributed by atoms with E-state index < -0.39 is 0 Å². The normalized spacial score (nSPS) is 35.3. The SMILES string of the molecule is CCC1OCCC1C(CCC1CCCO1)NN. The molecule has 3 N–H and O–H groups in total. The molecule has 2 saturated heterocycles. The Labute approximate surface area is 104 Å². The third-order valence-corrected chi connectivity index (χ3v) is 4.22. The highest BCUT2D eigenvalue weighted by Gasteiger charge is 2.33. The van der Waals surface area contributed by atoms with Crippen LogP contribution in [0.3, 0.4) is 0 Å². The molecule has 0 saturated carbocycles. The third-order valence-electron chi connectivity index (χ3n) is 4.22. The number of rotatable bonds is 6. The Morgan fingerprint density at radius 1 is 1.29 bits per heavy atom. The van der Waals surface area contributed by atoms with Gasteiger partial charge in [0.25, 0.3) is 0 Å². The van der Waals surface area contributed by atoms with Crippen LogP contribution in [-0.2, 0) is 9.47 Å². The van der Waals surface area contributed by atoms with Crippen LogP contribution in [0.4, 0.5) is 0 Å². The number of hydrogen-bond acceptors (Lipinski definition) is 4. The van der Waals surface area contributed by atoms with Crippen LogP contribution >= 0.6 is 0 Å². The Kier molecular flexibility index (Phi) is 5.22. The lowest BCUT2D eigenvalue weighted by molar-refractivity contribution is 0.0687. The molecule has 2 rings (SSSR count). The van der Waals surface area contributed by atoms with E-state index in [2.05, 4.69) is 12.3 Å². The molecule has 17 heavy (non-hydrogen) atoms. The minimum atomic E-state index is 0.381. The summed E-state index contributed by atoms with van der Waals surface area (Å²) in [6.45, 7) is 4.02. The maximum atomic E-state index is 5.74. The van der Waals surface area contributed by atoms with Crippen molar-refractivity contribution < 1.29 is 9.47 Å². The highest BCUT2D eigenvalue weighted by atomic mass is 16.5. The van der Waals surface area contributed by atoms with Crippen LogP contribution in [0.25, 0.3) is 0 Å². The average molecular weight is 242 g/mol. The zero-order valence-corrected chi connectivity index (χ0v) is 10.9. The largest absolute Gasteiger partial charge is 0.378 e. The van der Waals surface area contributed by atoms with Crippen molar-refractivity contribution in [2.24, 2.45) is 11.8 Å². The molecule has 0 aromatic rings. The van der Waals surface area contributed by atoms with Gasteiger partial charge in [-0.25, -0.2) is 0 Å². The van der Waals surface area contributed by atoms with Gasteiger partial charge in [-0.3, -0.25) is 11.3 Å². The standard InChI is InChI=1S/C13H26N2O2/c1-2-13-11(7-9-17-13)12(15-14)6-5-10-4-3-8-16-10/h10-13,15H,2-9,14H2,1H3. The van der Waals surface area contributed by atoms with Gasteiger partial charge in [-0.15, -0.1) is 0 Å². The van der Waals surface area contributed by atoms with E-state index >= 15 is 0 Å². The summed E-state index contributed by atoms with van der Waals surface area (Å²) in [5, 5.41) is 0. The molecule has 0 amide bonds. The van der Waals surface area contributed by atoms with Crippen molar-refractivity contribution in [1.82, 2.24) is 5.43 Å². The van der Waals surface area contributed by atoms with Crippen molar-refractivity contribution in [3.63, 3.8) is 0 Å². The molecule has 0 bridgehead atoms. The van der Waals surface area contributed by atoms with Crippen LogP contribution in [0.2, 0.25) is 0 Å². The first-order valence-electron chi connectivity index (χ1n) is 7.04. The van der Waals surface area contributed by atoms with Crippen LogP contribution < -0.4 is 11.3 Å². The van der Waals surface area contributed by atoms with Crippen LogP contribution in [0.1, 0.15) is 45.4 Å². The molecule has 4 nitrogen and oxygen atoms in total. The number of ether oxygens (including phenoxy) is 2. The number of hydrazine groups is 1. The summed E-state index contributed by atoms with van der Waals surface area (Å²) in [5.41, 5.74) is 3.00. The molecule has 0 aliphatic carbocycles. The van der Waals surface area contributed by atoms with Gasteiger partial charge in [0.15, 0.2) is 0 Å². The van der Waals surface area contributed by atoms with Crippen LogP contribution in [0.15, 0.2) is 0 Å². The van der Waals surface area contributed by atoms with E-state index in [9.17, 15) is 0 Å². The maximum absolute atomic E-state index is 5.74. The first kappa shape index (κ1) is 13.3. The highest BCUT2D eigenvalue weighted by molar-refractivity contribution is 4.85. The summed E-state index contributed by atoms with van der Waals surface area (Å²) in [7, 11) is 0. The minimum Gasteiger partial charge on any atom is -0.378 e. The molecule has 2 heterocycles. The molecule has 0 aromatic carbocycles. The van der Waals surface area contributed by atoms with Gasteiger partial charge in [0.2, 0.25) is 0 Å². The minimum absolute atomic E-state index is 0.381. The van der Waals surface area contributed by atoms with Crippen molar-refractivity contribution in [2.75, 3.05) is 13.2 Å². The Balaban J connectivity index is 1.78. The summed E-state index contributed by atoms with van der Waals surface area (Å²) < 4.78 is 11.4. The maximum Gasteiger partial charge on any atom is 0.0616 e. The average Bonchev–Trinajstić information content (AvgIpc) is 3.00. The van der Waals surface area contributed by atoms with Crippen molar-refractivity contribution in [3.05, 3.63) is 0 Å². The number of nitrogens with two attached hydrogens (primary N) is 1. The predicted octanol–water partition coefficient (Wildman–Crippen LogP) is 1.59. The number of nitrogens with one attached hydrogen (secondary N) is 1. The van der Waals surface area contributed by atoms with Gasteiger partial charge in [-0.1, -0.05) is 6.92 Å². The van der Waals surface area contributed by atoms with E-state index in [0.717, 1.165) is 38.9 Å². The van der Waals surface area contributed by atoms with Gasteiger partial charge in [-0.05, 0) is 38.5 Å². The van der Waals surface area contributed by atoms with E-state index in [0.29, 0.717) is 24.2 Å². The van der Waals surface area contributed by atoms with Crippen molar-refractivity contribution in [1.29, 1.82) is 0 Å². The van der Waals surface area contributed by atoms with Gasteiger partial charge < -0.3 is 9.47 Å². The second kappa shape index (κ2) is 6.69. The molecule has 4 heteroatoms. The Morgan fingerprint density at radius 3 is 2.82 bits per heavy atom. The van der Waals surface area contributed by atoms with E-state index in [1.54, 1.807) is 0 Å². The van der Waals surface area contributed by atoms with E-state index in [1.807, 2.05) is 0 Å². The number of hydrogen-bond donors (Lipinski definition) is 2. The van der Waals surface area contributed by atoms with E-state index in [1.165, 1.54) is 12.8 Å². The molecular formula is C13H26N2O2. The van der Waals surface area contributed by atoms with Crippen LogP contribution in [0, 0.1) is 5.92 Å². The summed E-state index contributed by atoms with van der Waals surface area (Å²) in [5.74, 6) is 6.28. The molecule has 2 aliphatic heterocycles. The first-order chi connectivity index (χ1) is 8.35. The van der Waals surface area contributed by atoms with Gasteiger partial charge in [0, 0.05) is 25.2 Å². The van der Waals surface area contributed by atoms with Crippen LogP contribution in [-0.4, -0.2) is 31.5 Å². The van der Waals surface area contributed by atoms with Crippen LogP contribution in [0.5, 0.6) is 0 Å². The first-order valence-corrected chi connectivity index (χ1v) is 7.04. The fourth-order valence-corrected chi connectivity index (χ4v) is 3.20. The molecule has 0 aromatic heterocycles. The molecule has 100 valence electrons. The topological polar surface area (TPSA) is 56.5 Å². The molecule has 0 spiro atoms. The van der Waals surface area contributed by atoms with Gasteiger partial charge in [-0.2, -0.15) is 0 Å². The lowest BCUT2D eigenvalue weighted by Crippen LogP contribution is -2.44. The summed E-state index contributed by atoms with van der Waals surface area (Å²) in [4.78, 5) is 0. The van der Waals surface area contributed by atoms with E-state index in [-0.39, 0.29) is 0 Å². The smallest absolute Gasteiger partial charge is 0.0616 e. The quantitative estimate of drug-likeness (QED) is 0.548. The molecule has 0 radical (unpaired) electrons. The van der Waals surface area contributed by atoms with Gasteiger partial charge in [0.05, 0.1) is 12.2 Å². The van der Waals surface area contributed by atoms with Gasteiger partial charge >= 0.3 is 0 Å². The lowest BCUT2D eigenvalue weighted by atomic mass is 9.88. The predicted molar refractivity (Wildman–Crippen MR) is 67.5 cm³/mol. The zero-order valence-electron chi connectivity index (χ0n) is 10.9. The van der Waals surface area contributed by atoms with Crippen molar-refractivity contribution >= 4 is 0 Å². The zero-order chi connectivity index (χ0) is 12.1. The summed E-state index contributed by atoms with van der Waals surface area (Å²) in [6.07, 6.45) is 7.74. The summed E-state index contributed by atoms with van der Waals surface area (Å²) >= 11 is 0. The second-order valence-electron chi connectivity index (χ2n) is 5.26. The highest BCUT2D eigenvalue weighted by Crippen LogP contribution is 2.29. The fourth-order valence-electron chi connectivity index (χ4n) is 3.20. The Morgan fingerprint density at radius 2 is 2.18 bits per heavy atom. The Bertz CT molecular complexity index is 219. The Hall–Kier alpha value is -0.160. The van der Waals surface area contributed by atoms with Crippen molar-refractivity contribution in [3.8, 4) is 0 Å². The monoisotopic (exact) mass is 242 g/mol. The molecule has 4 unspecified atom stereocenters. The third kappa shape index (κ3) is 3.41. The molecule has 4 atom stereocenters. The lowest BCUT2D eigenvalue weighted by Gasteiger charge is -2.27. The van der Waals surface area contributed by atoms with Crippen molar-refractivity contribution in [2.45, 2.75) is 63.7 Å². The molecule has 2 fully saturated rings. The second-order valence-corrected chi connectivity index (χ2v) is 5.26.